The van der Waals surface area contributed by atoms with Crippen LogP contribution >= 0.6 is 0 Å². The Balaban J connectivity index is 1.38. The average Bonchev–Trinajstić information content (AvgIpc) is 3.23. The molecule has 10 heteroatoms. The van der Waals surface area contributed by atoms with E-state index in [1.165, 1.54) is 18.2 Å². The fraction of sp³-hybridized carbons (Fsp3) is 0.364. The summed E-state index contributed by atoms with van der Waals surface area (Å²) in [5, 5.41) is 6.43. The van der Waals surface area contributed by atoms with Gasteiger partial charge in [-0.2, -0.15) is 18.2 Å². The maximum atomic E-state index is 13.2. The molecule has 1 amide bonds. The van der Waals surface area contributed by atoms with Gasteiger partial charge in [-0.05, 0) is 43.5 Å². The lowest BCUT2D eigenvalue weighted by molar-refractivity contribution is -0.138. The molecule has 1 saturated heterocycles. The lowest BCUT2D eigenvalue weighted by Gasteiger charge is -2.33. The summed E-state index contributed by atoms with van der Waals surface area (Å²) in [5.74, 6) is 1.04. The summed E-state index contributed by atoms with van der Waals surface area (Å²) in [4.78, 5) is 23.3. The number of carbonyl (C=O) groups excluding carboxylic acids is 1. The third-order valence-electron chi connectivity index (χ3n) is 5.41. The minimum Gasteiger partial charge on any atom is -0.356 e. The van der Waals surface area contributed by atoms with E-state index in [4.69, 9.17) is 4.52 Å². The molecule has 0 saturated carbocycles. The van der Waals surface area contributed by atoms with Crippen LogP contribution < -0.4 is 10.2 Å². The lowest BCUT2D eigenvalue weighted by atomic mass is 9.96. The first-order chi connectivity index (χ1) is 15.3. The molecule has 1 atom stereocenters. The van der Waals surface area contributed by atoms with Gasteiger partial charge in [-0.1, -0.05) is 23.4 Å². The summed E-state index contributed by atoms with van der Waals surface area (Å²) in [6.07, 6.45) is -1.37. The van der Waals surface area contributed by atoms with Crippen LogP contribution in [0.1, 0.15) is 29.8 Å². The molecule has 0 spiro atoms. The molecule has 0 aliphatic carbocycles. The summed E-state index contributed by atoms with van der Waals surface area (Å²) < 4.78 is 44.6. The highest BCUT2D eigenvalue weighted by molar-refractivity contribution is 5.79. The third kappa shape index (κ3) is 4.90. The van der Waals surface area contributed by atoms with Crippen molar-refractivity contribution in [3.05, 3.63) is 59.5 Å². The van der Waals surface area contributed by atoms with E-state index in [9.17, 15) is 18.0 Å². The van der Waals surface area contributed by atoms with Crippen LogP contribution in [0.25, 0.3) is 11.5 Å². The van der Waals surface area contributed by atoms with Crippen LogP contribution in [-0.4, -0.2) is 34.1 Å². The van der Waals surface area contributed by atoms with Crippen molar-refractivity contribution in [1.29, 1.82) is 0 Å². The van der Waals surface area contributed by atoms with Gasteiger partial charge in [-0.25, -0.2) is 4.98 Å². The molecule has 1 aromatic carbocycles. The van der Waals surface area contributed by atoms with Crippen LogP contribution in [0.4, 0.5) is 19.0 Å². The number of nitrogens with zero attached hydrogens (tertiary/aromatic N) is 4. The van der Waals surface area contributed by atoms with Crippen molar-refractivity contribution in [2.24, 2.45) is 5.92 Å². The van der Waals surface area contributed by atoms with Gasteiger partial charge in [0.1, 0.15) is 5.82 Å². The van der Waals surface area contributed by atoms with Crippen LogP contribution in [0.15, 0.2) is 47.1 Å². The number of pyridine rings is 1. The first-order valence-electron chi connectivity index (χ1n) is 10.3. The normalized spacial score (nSPS) is 16.8. The Hall–Kier alpha value is -3.43. The number of aryl methyl sites for hydroxylation is 1. The topological polar surface area (TPSA) is 84.2 Å². The minimum atomic E-state index is -4.46. The molecule has 1 aliphatic rings. The van der Waals surface area contributed by atoms with Crippen LogP contribution in [0.3, 0.4) is 0 Å². The van der Waals surface area contributed by atoms with Crippen molar-refractivity contribution in [2.45, 2.75) is 32.5 Å². The highest BCUT2D eigenvalue weighted by Crippen LogP contribution is 2.32. The van der Waals surface area contributed by atoms with E-state index in [1.54, 1.807) is 13.1 Å². The Kier molecular flexibility index (Phi) is 6.11. The Morgan fingerprint density at radius 3 is 2.75 bits per heavy atom. The van der Waals surface area contributed by atoms with Crippen molar-refractivity contribution in [1.82, 2.24) is 20.4 Å². The summed E-state index contributed by atoms with van der Waals surface area (Å²) in [6.45, 7) is 2.75. The molecule has 1 aliphatic heterocycles. The van der Waals surface area contributed by atoms with E-state index in [0.717, 1.165) is 19.0 Å². The van der Waals surface area contributed by atoms with Gasteiger partial charge in [0.2, 0.25) is 5.91 Å². The number of nitrogens with one attached hydrogen (secondary N) is 1. The molecule has 7 nitrogen and oxygen atoms in total. The molecule has 3 heterocycles. The first-order valence-corrected chi connectivity index (χ1v) is 10.3. The molecule has 168 valence electrons. The van der Waals surface area contributed by atoms with Crippen molar-refractivity contribution < 1.29 is 22.5 Å². The largest absolute Gasteiger partial charge is 0.416 e. The molecule has 0 bridgehead atoms. The standard InChI is InChI=1S/C22H22F3N5O2/c1-14-28-21(32-29-14)16-8-9-19(26-12-16)30-10-4-6-17(13-30)20(31)27-11-15-5-2-3-7-18(15)22(23,24)25/h2-3,5,7-9,12,17H,4,6,10-11,13H2,1H3,(H,27,31). The quantitative estimate of drug-likeness (QED) is 0.639. The smallest absolute Gasteiger partial charge is 0.356 e. The summed E-state index contributed by atoms with van der Waals surface area (Å²) in [5.41, 5.74) is 0.0183. The molecule has 32 heavy (non-hydrogen) atoms. The molecule has 0 radical (unpaired) electrons. The zero-order valence-corrected chi connectivity index (χ0v) is 17.4. The van der Waals surface area contributed by atoms with Crippen molar-refractivity contribution >= 4 is 11.7 Å². The Labute approximate surface area is 182 Å². The number of piperidine rings is 1. The second-order valence-corrected chi connectivity index (χ2v) is 7.71. The van der Waals surface area contributed by atoms with Crippen molar-refractivity contribution in [3.63, 3.8) is 0 Å². The summed E-state index contributed by atoms with van der Waals surface area (Å²) in [7, 11) is 0. The molecular formula is C22H22F3N5O2. The number of benzene rings is 1. The highest BCUT2D eigenvalue weighted by atomic mass is 19.4. The van der Waals surface area contributed by atoms with E-state index < -0.39 is 11.7 Å². The number of hydrogen-bond donors (Lipinski definition) is 1. The van der Waals surface area contributed by atoms with E-state index in [0.29, 0.717) is 36.1 Å². The predicted octanol–water partition coefficient (Wildman–Crippen LogP) is 3.99. The minimum absolute atomic E-state index is 0.0505. The highest BCUT2D eigenvalue weighted by Gasteiger charge is 2.33. The van der Waals surface area contributed by atoms with Gasteiger partial charge < -0.3 is 14.7 Å². The molecule has 1 unspecified atom stereocenters. The molecular weight excluding hydrogens is 423 g/mol. The van der Waals surface area contributed by atoms with Gasteiger partial charge >= 0.3 is 6.18 Å². The number of halogens is 3. The lowest BCUT2D eigenvalue weighted by Crippen LogP contribution is -2.43. The molecule has 3 aromatic rings. The van der Waals surface area contributed by atoms with Gasteiger partial charge in [0.15, 0.2) is 5.82 Å². The number of aromatic nitrogens is 3. The molecule has 2 aromatic heterocycles. The van der Waals surface area contributed by atoms with E-state index >= 15 is 0 Å². The fourth-order valence-electron chi connectivity index (χ4n) is 3.79. The average molecular weight is 445 g/mol. The zero-order valence-electron chi connectivity index (χ0n) is 17.4. The van der Waals surface area contributed by atoms with E-state index in [1.807, 2.05) is 17.0 Å². The second kappa shape index (κ2) is 8.97. The van der Waals surface area contributed by atoms with E-state index in [-0.39, 0.29) is 23.9 Å². The van der Waals surface area contributed by atoms with Crippen LogP contribution in [0, 0.1) is 12.8 Å². The summed E-state index contributed by atoms with van der Waals surface area (Å²) >= 11 is 0. The first kappa shape index (κ1) is 21.8. The van der Waals surface area contributed by atoms with Crippen LogP contribution in [-0.2, 0) is 17.5 Å². The number of alkyl halides is 3. The van der Waals surface area contributed by atoms with Crippen LogP contribution in [0.2, 0.25) is 0 Å². The van der Waals surface area contributed by atoms with E-state index in [2.05, 4.69) is 20.4 Å². The van der Waals surface area contributed by atoms with Gasteiger partial charge in [0, 0.05) is 25.8 Å². The van der Waals surface area contributed by atoms with Gasteiger partial charge in [0.25, 0.3) is 5.89 Å². The zero-order chi connectivity index (χ0) is 22.7. The van der Waals surface area contributed by atoms with Gasteiger partial charge in [-0.3, -0.25) is 4.79 Å². The fourth-order valence-corrected chi connectivity index (χ4v) is 3.79. The predicted molar refractivity (Wildman–Crippen MR) is 110 cm³/mol. The maximum Gasteiger partial charge on any atom is 0.416 e. The Morgan fingerprint density at radius 1 is 1.25 bits per heavy atom. The monoisotopic (exact) mass is 445 g/mol. The Morgan fingerprint density at radius 2 is 2.06 bits per heavy atom. The maximum absolute atomic E-state index is 13.2. The molecule has 1 fully saturated rings. The Bertz CT molecular complexity index is 1080. The van der Waals surface area contributed by atoms with Gasteiger partial charge in [0.05, 0.1) is 17.0 Å². The molecule has 4 rings (SSSR count). The van der Waals surface area contributed by atoms with Crippen molar-refractivity contribution in [3.8, 4) is 11.5 Å². The number of carbonyl (C=O) groups is 1. The SMILES string of the molecule is Cc1noc(-c2ccc(N3CCCC(C(=O)NCc4ccccc4C(F)(F)F)C3)nc2)n1. The number of anilines is 1. The number of hydrogen-bond acceptors (Lipinski definition) is 6. The number of rotatable bonds is 5. The molecule has 1 N–H and O–H groups in total. The summed E-state index contributed by atoms with van der Waals surface area (Å²) in [6, 6.07) is 8.93. The third-order valence-corrected chi connectivity index (χ3v) is 5.41. The van der Waals surface area contributed by atoms with Gasteiger partial charge in [-0.15, -0.1) is 0 Å². The number of amides is 1. The second-order valence-electron chi connectivity index (χ2n) is 7.71. The van der Waals surface area contributed by atoms with Crippen molar-refractivity contribution in [2.75, 3.05) is 18.0 Å². The van der Waals surface area contributed by atoms with Crippen LogP contribution in [0.5, 0.6) is 0 Å².